The van der Waals surface area contributed by atoms with Crippen LogP contribution in [0.3, 0.4) is 0 Å². The number of aromatic hydroxyl groups is 1. The van der Waals surface area contributed by atoms with Crippen LogP contribution in [0.5, 0.6) is 5.75 Å². The molecule has 2 aromatic carbocycles. The molecule has 0 bridgehead atoms. The van der Waals surface area contributed by atoms with E-state index in [-0.39, 0.29) is 17.2 Å². The van der Waals surface area contributed by atoms with Gasteiger partial charge in [0.2, 0.25) is 0 Å². The first kappa shape index (κ1) is 16.3. The summed E-state index contributed by atoms with van der Waals surface area (Å²) >= 11 is 9.98. The molecule has 0 aliphatic carbocycles. The number of carbonyl (C=O) groups is 1. The molecule has 0 radical (unpaired) electrons. The van der Waals surface area contributed by atoms with Gasteiger partial charge in [0, 0.05) is 10.2 Å². The van der Waals surface area contributed by atoms with Crippen LogP contribution in [-0.2, 0) is 0 Å². The first-order valence-corrected chi connectivity index (χ1v) is 8.27. The number of hydrogen-bond acceptors (Lipinski definition) is 2. The first-order valence-electron chi connectivity index (χ1n) is 5.89. The summed E-state index contributed by atoms with van der Waals surface area (Å²) in [5.74, 6) is -0.421. The molecule has 0 spiro atoms. The minimum absolute atomic E-state index is 0.0521. The van der Waals surface area contributed by atoms with Gasteiger partial charge in [-0.25, -0.2) is 0 Å². The van der Waals surface area contributed by atoms with Crippen LogP contribution in [0.1, 0.15) is 15.9 Å². The van der Waals surface area contributed by atoms with Crippen molar-refractivity contribution in [1.82, 2.24) is 0 Å². The summed E-state index contributed by atoms with van der Waals surface area (Å²) in [5.41, 5.74) is 1.69. The molecule has 0 fully saturated rings. The molecule has 0 saturated heterocycles. The van der Waals surface area contributed by atoms with Crippen molar-refractivity contribution in [2.24, 2.45) is 0 Å². The van der Waals surface area contributed by atoms with Crippen molar-refractivity contribution >= 4 is 65.5 Å². The fourth-order valence-corrected chi connectivity index (χ4v) is 2.59. The van der Waals surface area contributed by atoms with E-state index in [9.17, 15) is 9.90 Å². The van der Waals surface area contributed by atoms with Gasteiger partial charge in [0.05, 0.1) is 8.96 Å². The molecule has 2 rings (SSSR count). The Morgan fingerprint density at radius 3 is 2.52 bits per heavy atom. The van der Waals surface area contributed by atoms with Gasteiger partial charge in [-0.3, -0.25) is 4.79 Å². The van der Waals surface area contributed by atoms with Crippen molar-refractivity contribution in [1.29, 1.82) is 0 Å². The maximum atomic E-state index is 12.3. The number of nitrogens with one attached hydrogen (secondary N) is 1. The molecule has 3 nitrogen and oxygen atoms in total. The summed E-state index contributed by atoms with van der Waals surface area (Å²) in [7, 11) is 0. The van der Waals surface area contributed by atoms with Crippen molar-refractivity contribution in [2.75, 3.05) is 5.32 Å². The highest BCUT2D eigenvalue weighted by molar-refractivity contribution is 9.28. The number of benzene rings is 2. The van der Waals surface area contributed by atoms with Crippen LogP contribution < -0.4 is 5.32 Å². The van der Waals surface area contributed by atoms with Gasteiger partial charge in [-0.05, 0) is 67.8 Å². The molecule has 2 aromatic rings. The molecule has 2 N–H and O–H groups in total. The normalized spacial score (nSPS) is 10.0. The SMILES string of the molecule is O=C(Nc1cc(Br)ccc1C=C(Br)Br)c1ccccc1O. The molecule has 0 atom stereocenters. The predicted molar refractivity (Wildman–Crippen MR) is 96.0 cm³/mol. The molecule has 0 heterocycles. The monoisotopic (exact) mass is 473 g/mol. The van der Waals surface area contributed by atoms with Gasteiger partial charge in [0.25, 0.3) is 5.91 Å². The third-order valence-electron chi connectivity index (χ3n) is 2.68. The number of para-hydroxylation sites is 1. The number of phenols is 1. The summed E-state index contributed by atoms with van der Waals surface area (Å²) in [6.45, 7) is 0. The molecule has 0 unspecified atom stereocenters. The van der Waals surface area contributed by atoms with E-state index in [2.05, 4.69) is 53.1 Å². The Balaban J connectivity index is 2.35. The summed E-state index contributed by atoms with van der Waals surface area (Å²) in [5, 5.41) is 12.5. The lowest BCUT2D eigenvalue weighted by Crippen LogP contribution is -2.12. The Hall–Kier alpha value is -1.11. The Morgan fingerprint density at radius 1 is 1.14 bits per heavy atom. The molecular formula is C15H10Br3NO2. The second kappa shape index (κ2) is 7.24. The summed E-state index contributed by atoms with van der Waals surface area (Å²) in [6, 6.07) is 12.0. The lowest BCUT2D eigenvalue weighted by Gasteiger charge is -2.10. The smallest absolute Gasteiger partial charge is 0.259 e. The topological polar surface area (TPSA) is 49.3 Å². The van der Waals surface area contributed by atoms with Crippen molar-refractivity contribution in [3.8, 4) is 5.75 Å². The van der Waals surface area contributed by atoms with Crippen molar-refractivity contribution < 1.29 is 9.90 Å². The Bertz CT molecular complexity index is 710. The zero-order valence-corrected chi connectivity index (χ0v) is 15.4. The van der Waals surface area contributed by atoms with Gasteiger partial charge in [0.15, 0.2) is 0 Å². The van der Waals surface area contributed by atoms with Gasteiger partial charge >= 0.3 is 0 Å². The largest absolute Gasteiger partial charge is 0.507 e. The summed E-state index contributed by atoms with van der Waals surface area (Å²) < 4.78 is 1.60. The fraction of sp³-hybridized carbons (Fsp3) is 0. The molecule has 21 heavy (non-hydrogen) atoms. The number of hydrogen-bond donors (Lipinski definition) is 2. The molecule has 0 aromatic heterocycles. The fourth-order valence-electron chi connectivity index (χ4n) is 1.74. The van der Waals surface area contributed by atoms with Crippen LogP contribution in [0, 0.1) is 0 Å². The minimum atomic E-state index is -0.369. The van der Waals surface area contributed by atoms with Crippen LogP contribution in [-0.4, -0.2) is 11.0 Å². The van der Waals surface area contributed by atoms with Gasteiger partial charge in [-0.15, -0.1) is 0 Å². The Labute approximate surface area is 147 Å². The maximum Gasteiger partial charge on any atom is 0.259 e. The molecular weight excluding hydrogens is 466 g/mol. The molecule has 0 aliphatic rings. The van der Waals surface area contributed by atoms with Gasteiger partial charge in [-0.1, -0.05) is 34.1 Å². The lowest BCUT2D eigenvalue weighted by molar-refractivity contribution is 0.102. The minimum Gasteiger partial charge on any atom is -0.507 e. The van der Waals surface area contributed by atoms with E-state index in [1.807, 2.05) is 18.2 Å². The van der Waals surface area contributed by atoms with Crippen LogP contribution in [0.25, 0.3) is 6.08 Å². The third-order valence-corrected chi connectivity index (χ3v) is 3.63. The zero-order chi connectivity index (χ0) is 15.4. The molecule has 1 amide bonds. The van der Waals surface area contributed by atoms with E-state index in [1.54, 1.807) is 24.3 Å². The predicted octanol–water partition coefficient (Wildman–Crippen LogP) is 5.50. The average molecular weight is 476 g/mol. The first-order chi connectivity index (χ1) is 9.97. The van der Waals surface area contributed by atoms with E-state index in [0.29, 0.717) is 5.69 Å². The molecule has 108 valence electrons. The Morgan fingerprint density at radius 2 is 1.86 bits per heavy atom. The standard InChI is InChI=1S/C15H10Br3NO2/c16-10-6-5-9(7-14(17)18)12(8-10)19-15(21)11-3-1-2-4-13(11)20/h1-8,20H,(H,19,21). The Kier molecular flexibility index (Phi) is 5.61. The van der Waals surface area contributed by atoms with E-state index < -0.39 is 0 Å². The summed E-state index contributed by atoms with van der Waals surface area (Å²) in [4.78, 5) is 12.3. The van der Waals surface area contributed by atoms with Gasteiger partial charge in [-0.2, -0.15) is 0 Å². The number of rotatable bonds is 3. The van der Waals surface area contributed by atoms with Crippen molar-refractivity contribution in [3.05, 3.63) is 61.5 Å². The van der Waals surface area contributed by atoms with E-state index in [1.165, 1.54) is 6.07 Å². The van der Waals surface area contributed by atoms with Crippen LogP contribution in [0.15, 0.2) is 50.3 Å². The highest BCUT2D eigenvalue weighted by atomic mass is 79.9. The lowest BCUT2D eigenvalue weighted by atomic mass is 10.1. The van der Waals surface area contributed by atoms with E-state index in [0.717, 1.165) is 13.4 Å². The maximum absolute atomic E-state index is 12.3. The van der Waals surface area contributed by atoms with Crippen molar-refractivity contribution in [3.63, 3.8) is 0 Å². The molecule has 0 aliphatic heterocycles. The average Bonchev–Trinajstić information content (AvgIpc) is 2.42. The second-order valence-electron chi connectivity index (χ2n) is 4.14. The highest BCUT2D eigenvalue weighted by Gasteiger charge is 2.12. The van der Waals surface area contributed by atoms with E-state index in [4.69, 9.17) is 0 Å². The number of carbonyl (C=O) groups excluding carboxylic acids is 1. The number of halogens is 3. The quantitative estimate of drug-likeness (QED) is 0.616. The van der Waals surface area contributed by atoms with E-state index >= 15 is 0 Å². The van der Waals surface area contributed by atoms with Gasteiger partial charge < -0.3 is 10.4 Å². The molecule has 0 saturated carbocycles. The zero-order valence-electron chi connectivity index (χ0n) is 10.6. The van der Waals surface area contributed by atoms with Crippen LogP contribution >= 0.6 is 47.8 Å². The van der Waals surface area contributed by atoms with Gasteiger partial charge in [0.1, 0.15) is 5.75 Å². The van der Waals surface area contributed by atoms with Crippen LogP contribution in [0.2, 0.25) is 0 Å². The number of amides is 1. The summed E-state index contributed by atoms with van der Waals surface area (Å²) in [6.07, 6.45) is 1.83. The van der Waals surface area contributed by atoms with Crippen LogP contribution in [0.4, 0.5) is 5.69 Å². The second-order valence-corrected chi connectivity index (χ2v) is 7.83. The number of phenolic OH excluding ortho intramolecular Hbond substituents is 1. The molecule has 6 heteroatoms. The third kappa shape index (κ3) is 4.43. The van der Waals surface area contributed by atoms with Crippen molar-refractivity contribution in [2.45, 2.75) is 0 Å². The highest BCUT2D eigenvalue weighted by Crippen LogP contribution is 2.28. The number of anilines is 1.